The van der Waals surface area contributed by atoms with E-state index >= 15 is 0 Å². The molecule has 0 bridgehead atoms. The molecular formula is C23H18N2O5. The van der Waals surface area contributed by atoms with Crippen LogP contribution in [0.4, 0.5) is 5.69 Å². The van der Waals surface area contributed by atoms with Crippen molar-refractivity contribution in [2.45, 2.75) is 12.5 Å². The Balaban J connectivity index is 1.87. The summed E-state index contributed by atoms with van der Waals surface area (Å²) in [5.74, 6) is -2.38. The molecule has 0 aliphatic carbocycles. The highest BCUT2D eigenvalue weighted by Crippen LogP contribution is 2.40. The highest BCUT2D eigenvalue weighted by molar-refractivity contribution is 6.03. The van der Waals surface area contributed by atoms with Gasteiger partial charge < -0.3 is 15.3 Å². The van der Waals surface area contributed by atoms with E-state index in [1.807, 2.05) is 30.3 Å². The normalized spacial score (nSPS) is 15.7. The van der Waals surface area contributed by atoms with Gasteiger partial charge in [0.05, 0.1) is 28.6 Å². The summed E-state index contributed by atoms with van der Waals surface area (Å²) < 4.78 is 0. The lowest BCUT2D eigenvalue weighted by Crippen LogP contribution is -2.19. The van der Waals surface area contributed by atoms with Gasteiger partial charge in [0.15, 0.2) is 0 Å². The fourth-order valence-corrected chi connectivity index (χ4v) is 3.56. The maximum Gasteiger partial charge on any atom is 0.335 e. The Morgan fingerprint density at radius 1 is 0.867 bits per heavy atom. The Hall–Kier alpha value is -4.13. The molecule has 7 nitrogen and oxygen atoms in total. The second-order valence-electron chi connectivity index (χ2n) is 6.91. The number of nitrogens with zero attached hydrogens (tertiary/aromatic N) is 2. The highest BCUT2D eigenvalue weighted by atomic mass is 16.4. The SMILES string of the molecule is O=C(O)c1cc(C(=O)O)cc(N2N=C(c3ccccc3)CC2c2ccccc2O)c1. The van der Waals surface area contributed by atoms with E-state index in [1.165, 1.54) is 12.1 Å². The number of carbonyl (C=O) groups is 2. The van der Waals surface area contributed by atoms with Crippen molar-refractivity contribution < 1.29 is 24.9 Å². The number of carboxylic acids is 2. The standard InChI is InChI=1S/C23H18N2O5/c26-21-9-5-4-8-18(21)20-13-19(14-6-2-1-3-7-14)24-25(20)17-11-15(22(27)28)10-16(12-17)23(29)30/h1-12,20,26H,13H2,(H,27,28)(H,29,30). The minimum atomic E-state index is -1.23. The van der Waals surface area contributed by atoms with Gasteiger partial charge in [-0.15, -0.1) is 0 Å². The van der Waals surface area contributed by atoms with Crippen LogP contribution in [0.1, 0.15) is 44.3 Å². The number of anilines is 1. The summed E-state index contributed by atoms with van der Waals surface area (Å²) in [5, 5.41) is 35.5. The highest BCUT2D eigenvalue weighted by Gasteiger charge is 2.32. The quantitative estimate of drug-likeness (QED) is 0.591. The molecule has 3 aromatic rings. The van der Waals surface area contributed by atoms with Crippen molar-refractivity contribution in [2.75, 3.05) is 5.01 Å². The number of hydrogen-bond donors (Lipinski definition) is 3. The number of hydrazone groups is 1. The van der Waals surface area contributed by atoms with Gasteiger partial charge in [-0.05, 0) is 29.8 Å². The smallest absolute Gasteiger partial charge is 0.335 e. The van der Waals surface area contributed by atoms with Crippen LogP contribution >= 0.6 is 0 Å². The Morgan fingerprint density at radius 3 is 2.07 bits per heavy atom. The molecule has 30 heavy (non-hydrogen) atoms. The molecule has 150 valence electrons. The van der Waals surface area contributed by atoms with E-state index in [4.69, 9.17) is 0 Å². The summed E-state index contributed by atoms with van der Waals surface area (Å²) in [5.41, 5.74) is 2.29. The van der Waals surface area contributed by atoms with E-state index in [9.17, 15) is 24.9 Å². The first-order chi connectivity index (χ1) is 14.4. The average Bonchev–Trinajstić information content (AvgIpc) is 3.19. The van der Waals surface area contributed by atoms with E-state index in [0.717, 1.165) is 17.3 Å². The first-order valence-corrected chi connectivity index (χ1v) is 9.26. The Bertz CT molecular complexity index is 1130. The molecule has 0 saturated carbocycles. The molecule has 7 heteroatoms. The van der Waals surface area contributed by atoms with Gasteiger partial charge in [-0.1, -0.05) is 48.5 Å². The Morgan fingerprint density at radius 2 is 1.47 bits per heavy atom. The molecule has 1 unspecified atom stereocenters. The van der Waals surface area contributed by atoms with Gasteiger partial charge in [-0.3, -0.25) is 5.01 Å². The molecule has 3 aromatic carbocycles. The predicted octanol–water partition coefficient (Wildman–Crippen LogP) is 4.14. The van der Waals surface area contributed by atoms with Crippen LogP contribution < -0.4 is 5.01 Å². The molecule has 1 heterocycles. The van der Waals surface area contributed by atoms with Crippen LogP contribution in [0.25, 0.3) is 0 Å². The second-order valence-corrected chi connectivity index (χ2v) is 6.91. The van der Waals surface area contributed by atoms with Gasteiger partial charge >= 0.3 is 11.9 Å². The van der Waals surface area contributed by atoms with Gasteiger partial charge in [0, 0.05) is 12.0 Å². The van der Waals surface area contributed by atoms with E-state index in [0.29, 0.717) is 17.7 Å². The maximum absolute atomic E-state index is 11.5. The molecule has 4 rings (SSSR count). The summed E-state index contributed by atoms with van der Waals surface area (Å²) in [6.45, 7) is 0. The lowest BCUT2D eigenvalue weighted by molar-refractivity contribution is 0.0696. The van der Waals surface area contributed by atoms with Crippen LogP contribution in [0.3, 0.4) is 0 Å². The number of aromatic hydroxyl groups is 1. The van der Waals surface area contributed by atoms with Crippen molar-refractivity contribution in [2.24, 2.45) is 5.10 Å². The first kappa shape index (κ1) is 19.2. The van der Waals surface area contributed by atoms with E-state index in [-0.39, 0.29) is 16.9 Å². The fourth-order valence-electron chi connectivity index (χ4n) is 3.56. The van der Waals surface area contributed by atoms with Crippen LogP contribution in [-0.4, -0.2) is 33.0 Å². The number of phenols is 1. The zero-order valence-electron chi connectivity index (χ0n) is 15.8. The van der Waals surface area contributed by atoms with Crippen LogP contribution in [0.5, 0.6) is 5.75 Å². The van der Waals surface area contributed by atoms with Crippen molar-refractivity contribution in [3.8, 4) is 5.75 Å². The topological polar surface area (TPSA) is 110 Å². The number of hydrogen-bond acceptors (Lipinski definition) is 5. The van der Waals surface area contributed by atoms with Crippen molar-refractivity contribution in [1.29, 1.82) is 0 Å². The second kappa shape index (κ2) is 7.71. The van der Waals surface area contributed by atoms with Gasteiger partial charge in [-0.25, -0.2) is 9.59 Å². The van der Waals surface area contributed by atoms with Crippen molar-refractivity contribution in [1.82, 2.24) is 0 Å². The third-order valence-electron chi connectivity index (χ3n) is 4.99. The van der Waals surface area contributed by atoms with Crippen LogP contribution in [0, 0.1) is 0 Å². The molecule has 0 fully saturated rings. The van der Waals surface area contributed by atoms with Gasteiger partial charge in [0.25, 0.3) is 0 Å². The molecule has 1 aliphatic heterocycles. The zero-order chi connectivity index (χ0) is 21.3. The molecular weight excluding hydrogens is 384 g/mol. The summed E-state index contributed by atoms with van der Waals surface area (Å²) >= 11 is 0. The number of phenolic OH excluding ortho intramolecular Hbond substituents is 1. The summed E-state index contributed by atoms with van der Waals surface area (Å²) in [7, 11) is 0. The number of aromatic carboxylic acids is 2. The Kier molecular flexibility index (Phi) is 4.93. The number of rotatable bonds is 5. The van der Waals surface area contributed by atoms with Gasteiger partial charge in [0.1, 0.15) is 5.75 Å². The lowest BCUT2D eigenvalue weighted by Gasteiger charge is -2.25. The monoisotopic (exact) mass is 402 g/mol. The number of para-hydroxylation sites is 1. The maximum atomic E-state index is 11.5. The predicted molar refractivity (Wildman–Crippen MR) is 111 cm³/mol. The molecule has 0 amide bonds. The minimum absolute atomic E-state index is 0.0878. The molecule has 1 aliphatic rings. The van der Waals surface area contributed by atoms with Crippen molar-refractivity contribution >= 4 is 23.3 Å². The zero-order valence-corrected chi connectivity index (χ0v) is 15.8. The molecule has 1 atom stereocenters. The van der Waals surface area contributed by atoms with E-state index in [1.54, 1.807) is 29.3 Å². The molecule has 0 radical (unpaired) electrons. The fraction of sp³-hybridized carbons (Fsp3) is 0.0870. The summed E-state index contributed by atoms with van der Waals surface area (Å²) in [6, 6.07) is 19.8. The largest absolute Gasteiger partial charge is 0.508 e. The van der Waals surface area contributed by atoms with Gasteiger partial charge in [0.2, 0.25) is 0 Å². The van der Waals surface area contributed by atoms with E-state index < -0.39 is 18.0 Å². The van der Waals surface area contributed by atoms with Crippen molar-refractivity contribution in [3.05, 3.63) is 95.1 Å². The molecule has 3 N–H and O–H groups in total. The number of carboxylic acid groups (broad SMARTS) is 2. The van der Waals surface area contributed by atoms with Crippen molar-refractivity contribution in [3.63, 3.8) is 0 Å². The van der Waals surface area contributed by atoms with Gasteiger partial charge in [-0.2, -0.15) is 5.10 Å². The average molecular weight is 402 g/mol. The Labute approximate surface area is 172 Å². The summed E-state index contributed by atoms with van der Waals surface area (Å²) in [6.07, 6.45) is 0.460. The molecule has 0 spiro atoms. The third-order valence-corrected chi connectivity index (χ3v) is 4.99. The van der Waals surface area contributed by atoms with Crippen LogP contribution in [-0.2, 0) is 0 Å². The number of benzene rings is 3. The van der Waals surface area contributed by atoms with E-state index in [2.05, 4.69) is 5.10 Å². The first-order valence-electron chi connectivity index (χ1n) is 9.26. The minimum Gasteiger partial charge on any atom is -0.508 e. The molecule has 0 aromatic heterocycles. The van der Waals surface area contributed by atoms with Crippen LogP contribution in [0.15, 0.2) is 77.9 Å². The third kappa shape index (κ3) is 3.60. The summed E-state index contributed by atoms with van der Waals surface area (Å²) in [4.78, 5) is 23.1. The lowest BCUT2D eigenvalue weighted by atomic mass is 9.97. The molecule has 0 saturated heterocycles. The van der Waals surface area contributed by atoms with Crippen LogP contribution in [0.2, 0.25) is 0 Å².